The summed E-state index contributed by atoms with van der Waals surface area (Å²) in [7, 11) is 0. The highest BCUT2D eigenvalue weighted by Gasteiger charge is 2.18. The Hall–Kier alpha value is -1.37. The Morgan fingerprint density at radius 3 is 2.81 bits per heavy atom. The second-order valence-electron chi connectivity index (χ2n) is 3.78. The van der Waals surface area contributed by atoms with Crippen LogP contribution < -0.4 is 10.6 Å². The molecule has 1 aliphatic heterocycles. The monoisotopic (exact) mass is 241 g/mol. The maximum Gasteiger partial charge on any atom is 0.233 e. The second kappa shape index (κ2) is 4.65. The van der Waals surface area contributed by atoms with Crippen molar-refractivity contribution in [2.24, 2.45) is 0 Å². The van der Waals surface area contributed by atoms with Gasteiger partial charge in [0, 0.05) is 44.6 Å². The molecule has 6 nitrogen and oxygen atoms in total. The van der Waals surface area contributed by atoms with Gasteiger partial charge in [-0.1, -0.05) is 0 Å². The highest BCUT2D eigenvalue weighted by atomic mass is 32.1. The van der Waals surface area contributed by atoms with Crippen molar-refractivity contribution in [3.8, 4) is 0 Å². The largest absolute Gasteiger partial charge is 0.367 e. The van der Waals surface area contributed by atoms with Gasteiger partial charge in [0.1, 0.15) is 0 Å². The van der Waals surface area contributed by atoms with Crippen LogP contribution in [0.15, 0.2) is 0 Å². The molecule has 0 radical (unpaired) electrons. The highest BCUT2D eigenvalue weighted by Crippen LogP contribution is 2.19. The lowest BCUT2D eigenvalue weighted by atomic mass is 10.4. The van der Waals surface area contributed by atoms with Crippen LogP contribution in [0.5, 0.6) is 0 Å². The summed E-state index contributed by atoms with van der Waals surface area (Å²) in [6, 6.07) is 0. The zero-order valence-corrected chi connectivity index (χ0v) is 10.0. The van der Waals surface area contributed by atoms with Crippen molar-refractivity contribution >= 4 is 28.5 Å². The minimum absolute atomic E-state index is 0.138. The quantitative estimate of drug-likeness (QED) is 0.759. The highest BCUT2D eigenvalue weighted by molar-refractivity contribution is 7.09. The van der Waals surface area contributed by atoms with E-state index in [1.54, 1.807) is 6.92 Å². The van der Waals surface area contributed by atoms with Gasteiger partial charge in [0.15, 0.2) is 0 Å². The third-order valence-corrected chi connectivity index (χ3v) is 3.43. The minimum atomic E-state index is 0.138. The number of carbonyl (C=O) groups is 1. The molecule has 1 aliphatic rings. The van der Waals surface area contributed by atoms with Crippen molar-refractivity contribution in [2.45, 2.75) is 13.3 Å². The Morgan fingerprint density at radius 2 is 2.19 bits per heavy atom. The van der Waals surface area contributed by atoms with Crippen LogP contribution in [0.4, 0.5) is 11.1 Å². The number of hydrogen-bond donors (Lipinski definition) is 1. The van der Waals surface area contributed by atoms with E-state index in [2.05, 4.69) is 14.3 Å². The molecule has 2 N–H and O–H groups in total. The van der Waals surface area contributed by atoms with Crippen molar-refractivity contribution in [2.75, 3.05) is 36.8 Å². The topological polar surface area (TPSA) is 75.4 Å². The van der Waals surface area contributed by atoms with Gasteiger partial charge in [-0.25, -0.2) is 0 Å². The van der Waals surface area contributed by atoms with Crippen molar-refractivity contribution in [1.29, 1.82) is 0 Å². The Balaban J connectivity index is 2.01. The van der Waals surface area contributed by atoms with Gasteiger partial charge in [0.2, 0.25) is 17.0 Å². The first kappa shape index (κ1) is 11.1. The van der Waals surface area contributed by atoms with Crippen LogP contribution in [0, 0.1) is 0 Å². The lowest BCUT2D eigenvalue weighted by molar-refractivity contribution is -0.128. The third-order valence-electron chi connectivity index (χ3n) is 2.64. The van der Waals surface area contributed by atoms with E-state index < -0.39 is 0 Å². The molecule has 1 amide bonds. The molecule has 7 heteroatoms. The van der Waals surface area contributed by atoms with Crippen molar-refractivity contribution in [3.05, 3.63) is 0 Å². The summed E-state index contributed by atoms with van der Waals surface area (Å²) < 4.78 is 3.96. The molecule has 0 bridgehead atoms. The lowest BCUT2D eigenvalue weighted by Gasteiger charge is -2.19. The van der Waals surface area contributed by atoms with Crippen LogP contribution in [-0.4, -0.2) is 46.3 Å². The molecule has 0 saturated carbocycles. The summed E-state index contributed by atoms with van der Waals surface area (Å²) >= 11 is 1.31. The van der Waals surface area contributed by atoms with Crippen LogP contribution in [0.1, 0.15) is 13.3 Å². The predicted molar refractivity (Wildman–Crippen MR) is 63.4 cm³/mol. The molecular weight excluding hydrogens is 226 g/mol. The molecule has 1 aromatic rings. The number of rotatable bonds is 1. The Bertz CT molecular complexity index is 380. The fraction of sp³-hybridized carbons (Fsp3) is 0.667. The molecule has 0 unspecified atom stereocenters. The van der Waals surface area contributed by atoms with E-state index in [-0.39, 0.29) is 5.91 Å². The molecule has 88 valence electrons. The van der Waals surface area contributed by atoms with Crippen LogP contribution in [0.3, 0.4) is 0 Å². The molecule has 0 spiro atoms. The summed E-state index contributed by atoms with van der Waals surface area (Å²) in [6.45, 7) is 4.88. The van der Waals surface area contributed by atoms with Gasteiger partial charge in [-0.15, -0.1) is 0 Å². The molecule has 16 heavy (non-hydrogen) atoms. The summed E-state index contributed by atoms with van der Waals surface area (Å²) in [5, 5.41) is 0.850. The third kappa shape index (κ3) is 2.41. The average Bonchev–Trinajstić information content (AvgIpc) is 2.54. The van der Waals surface area contributed by atoms with Gasteiger partial charge in [-0.3, -0.25) is 4.79 Å². The number of amides is 1. The van der Waals surface area contributed by atoms with Gasteiger partial charge in [-0.05, 0) is 6.42 Å². The smallest absolute Gasteiger partial charge is 0.233 e. The molecule has 0 aliphatic carbocycles. The zero-order valence-electron chi connectivity index (χ0n) is 9.22. The van der Waals surface area contributed by atoms with Crippen molar-refractivity contribution in [3.63, 3.8) is 0 Å². The standard InChI is InChI=1S/C9H15N5OS/c1-7(15)13-3-2-4-14(6-5-13)9-11-8(10)12-16-9/h2-6H2,1H3,(H2,10,12). The van der Waals surface area contributed by atoms with E-state index in [0.717, 1.165) is 37.7 Å². The zero-order chi connectivity index (χ0) is 11.5. The first-order chi connectivity index (χ1) is 7.66. The van der Waals surface area contributed by atoms with E-state index in [4.69, 9.17) is 5.73 Å². The number of nitrogens with two attached hydrogens (primary N) is 1. The number of anilines is 2. The molecule has 2 rings (SSSR count). The summed E-state index contributed by atoms with van der Waals surface area (Å²) in [4.78, 5) is 19.4. The van der Waals surface area contributed by atoms with Gasteiger partial charge < -0.3 is 15.5 Å². The van der Waals surface area contributed by atoms with E-state index >= 15 is 0 Å². The van der Waals surface area contributed by atoms with Crippen LogP contribution in [0.25, 0.3) is 0 Å². The summed E-state index contributed by atoms with van der Waals surface area (Å²) in [5.74, 6) is 0.464. The van der Waals surface area contributed by atoms with E-state index in [1.165, 1.54) is 11.5 Å². The number of nitrogens with zero attached hydrogens (tertiary/aromatic N) is 4. The number of aromatic nitrogens is 2. The van der Waals surface area contributed by atoms with Gasteiger partial charge in [0.05, 0.1) is 0 Å². The van der Waals surface area contributed by atoms with Gasteiger partial charge in [-0.2, -0.15) is 9.36 Å². The predicted octanol–water partition coefficient (Wildman–Crippen LogP) is 0.179. The van der Waals surface area contributed by atoms with Crippen molar-refractivity contribution < 1.29 is 4.79 Å². The molecule has 0 atom stereocenters. The van der Waals surface area contributed by atoms with Crippen molar-refractivity contribution in [1.82, 2.24) is 14.3 Å². The second-order valence-corrected chi connectivity index (χ2v) is 4.51. The summed E-state index contributed by atoms with van der Waals surface area (Å²) in [5.41, 5.74) is 5.50. The number of carbonyl (C=O) groups excluding carboxylic acids is 1. The molecule has 2 heterocycles. The molecule has 1 aromatic heterocycles. The van der Waals surface area contributed by atoms with Crippen LogP contribution in [-0.2, 0) is 4.79 Å². The summed E-state index contributed by atoms with van der Waals surface area (Å²) in [6.07, 6.45) is 0.957. The maximum atomic E-state index is 11.3. The van der Waals surface area contributed by atoms with Gasteiger partial charge in [0.25, 0.3) is 0 Å². The van der Waals surface area contributed by atoms with Gasteiger partial charge >= 0.3 is 0 Å². The molecule has 1 fully saturated rings. The van der Waals surface area contributed by atoms with Crippen LogP contribution in [0.2, 0.25) is 0 Å². The Labute approximate surface area is 98.2 Å². The minimum Gasteiger partial charge on any atom is -0.367 e. The lowest BCUT2D eigenvalue weighted by Crippen LogP contribution is -2.33. The van der Waals surface area contributed by atoms with E-state index in [1.807, 2.05) is 4.90 Å². The Morgan fingerprint density at radius 1 is 1.38 bits per heavy atom. The molecular formula is C9H15N5OS. The number of nitrogen functional groups attached to an aromatic ring is 1. The fourth-order valence-corrected chi connectivity index (χ4v) is 2.43. The normalized spacial score (nSPS) is 17.3. The first-order valence-corrected chi connectivity index (χ1v) is 6.04. The van der Waals surface area contributed by atoms with Crippen LogP contribution >= 0.6 is 11.5 Å². The average molecular weight is 241 g/mol. The maximum absolute atomic E-state index is 11.3. The fourth-order valence-electron chi connectivity index (χ4n) is 1.78. The van der Waals surface area contributed by atoms with E-state index in [0.29, 0.717) is 5.95 Å². The first-order valence-electron chi connectivity index (χ1n) is 5.26. The number of hydrogen-bond acceptors (Lipinski definition) is 6. The molecule has 0 aromatic carbocycles. The Kier molecular flexibility index (Phi) is 3.23. The molecule has 1 saturated heterocycles. The SMILES string of the molecule is CC(=O)N1CCCN(c2nc(N)ns2)CC1. The van der Waals surface area contributed by atoms with E-state index in [9.17, 15) is 4.79 Å².